The predicted molar refractivity (Wildman–Crippen MR) is 136 cm³/mol. The summed E-state index contributed by atoms with van der Waals surface area (Å²) in [6.07, 6.45) is 5.27. The number of rotatable bonds is 8. The molecule has 0 saturated heterocycles. The summed E-state index contributed by atoms with van der Waals surface area (Å²) in [7, 11) is 0. The SMILES string of the molecule is Cc1sc2c(C)cc(F)cc2c1CCNc1cc(-c2ccc(C(=O)O)c(OC3CCC3)c2)ncn1. The van der Waals surface area contributed by atoms with Crippen LogP contribution in [0.25, 0.3) is 21.3 Å². The second-order valence-corrected chi connectivity index (χ2v) is 10.1. The molecule has 0 radical (unpaired) electrons. The molecule has 0 unspecified atom stereocenters. The van der Waals surface area contributed by atoms with Crippen molar-refractivity contribution in [3.8, 4) is 17.0 Å². The Balaban J connectivity index is 1.33. The first-order valence-electron chi connectivity index (χ1n) is 11.7. The highest BCUT2D eigenvalue weighted by atomic mass is 32.1. The summed E-state index contributed by atoms with van der Waals surface area (Å²) in [4.78, 5) is 21.5. The molecule has 180 valence electrons. The monoisotopic (exact) mass is 491 g/mol. The van der Waals surface area contributed by atoms with Crippen molar-refractivity contribution < 1.29 is 19.0 Å². The van der Waals surface area contributed by atoms with Crippen LogP contribution in [0, 0.1) is 19.7 Å². The first kappa shape index (κ1) is 23.2. The van der Waals surface area contributed by atoms with Gasteiger partial charge in [-0.2, -0.15) is 0 Å². The zero-order valence-electron chi connectivity index (χ0n) is 19.6. The number of hydrogen-bond acceptors (Lipinski definition) is 6. The Morgan fingerprint density at radius 3 is 2.77 bits per heavy atom. The lowest BCUT2D eigenvalue weighted by Crippen LogP contribution is -2.25. The number of hydrogen-bond donors (Lipinski definition) is 2. The number of nitrogens with zero attached hydrogens (tertiary/aromatic N) is 2. The molecule has 8 heteroatoms. The zero-order chi connectivity index (χ0) is 24.5. The van der Waals surface area contributed by atoms with Crippen molar-refractivity contribution in [2.45, 2.75) is 45.6 Å². The van der Waals surface area contributed by atoms with E-state index < -0.39 is 5.97 Å². The molecule has 35 heavy (non-hydrogen) atoms. The minimum atomic E-state index is -1.01. The van der Waals surface area contributed by atoms with E-state index in [2.05, 4.69) is 22.2 Å². The van der Waals surface area contributed by atoms with Crippen LogP contribution in [0.5, 0.6) is 5.75 Å². The van der Waals surface area contributed by atoms with E-state index in [1.807, 2.05) is 13.0 Å². The first-order valence-corrected chi connectivity index (χ1v) is 12.5. The van der Waals surface area contributed by atoms with Gasteiger partial charge in [-0.15, -0.1) is 11.3 Å². The molecule has 2 N–H and O–H groups in total. The van der Waals surface area contributed by atoms with Gasteiger partial charge in [-0.1, -0.05) is 6.07 Å². The number of aromatic carboxylic acids is 1. The highest BCUT2D eigenvalue weighted by molar-refractivity contribution is 7.19. The van der Waals surface area contributed by atoms with E-state index in [1.54, 1.807) is 41.7 Å². The second kappa shape index (κ2) is 9.62. The van der Waals surface area contributed by atoms with Gasteiger partial charge in [0.25, 0.3) is 0 Å². The maximum Gasteiger partial charge on any atom is 0.339 e. The van der Waals surface area contributed by atoms with Crippen LogP contribution in [-0.2, 0) is 6.42 Å². The van der Waals surface area contributed by atoms with Gasteiger partial charge in [-0.3, -0.25) is 0 Å². The molecule has 1 saturated carbocycles. The average Bonchev–Trinajstić information content (AvgIpc) is 3.12. The van der Waals surface area contributed by atoms with E-state index >= 15 is 0 Å². The number of carbonyl (C=O) groups is 1. The second-order valence-electron chi connectivity index (χ2n) is 8.89. The number of ether oxygens (including phenoxy) is 1. The minimum Gasteiger partial charge on any atom is -0.490 e. The van der Waals surface area contributed by atoms with Crippen LogP contribution in [0.4, 0.5) is 10.2 Å². The van der Waals surface area contributed by atoms with E-state index in [-0.39, 0.29) is 17.5 Å². The Bertz CT molecular complexity index is 1410. The summed E-state index contributed by atoms with van der Waals surface area (Å²) < 4.78 is 21.1. The summed E-state index contributed by atoms with van der Waals surface area (Å²) >= 11 is 1.70. The number of carboxylic acid groups (broad SMARTS) is 1. The normalized spacial score (nSPS) is 13.6. The number of aryl methyl sites for hydroxylation is 2. The van der Waals surface area contributed by atoms with E-state index in [9.17, 15) is 14.3 Å². The molecule has 1 aliphatic rings. The van der Waals surface area contributed by atoms with Crippen molar-refractivity contribution in [2.24, 2.45) is 0 Å². The Morgan fingerprint density at radius 1 is 1.20 bits per heavy atom. The van der Waals surface area contributed by atoms with Crippen molar-refractivity contribution in [3.05, 3.63) is 70.1 Å². The molecule has 0 atom stereocenters. The quantitative estimate of drug-likeness (QED) is 0.297. The van der Waals surface area contributed by atoms with Crippen LogP contribution in [0.15, 0.2) is 42.7 Å². The topological polar surface area (TPSA) is 84.3 Å². The zero-order valence-corrected chi connectivity index (χ0v) is 20.4. The number of fused-ring (bicyclic) bond motifs is 1. The van der Waals surface area contributed by atoms with E-state index in [4.69, 9.17) is 4.74 Å². The molecule has 0 bridgehead atoms. The van der Waals surface area contributed by atoms with Gasteiger partial charge in [-0.25, -0.2) is 19.2 Å². The largest absolute Gasteiger partial charge is 0.490 e. The number of thiophene rings is 1. The molecule has 2 aromatic heterocycles. The maximum atomic E-state index is 14.0. The van der Waals surface area contributed by atoms with Crippen LogP contribution in [0.3, 0.4) is 0 Å². The number of halogens is 1. The fourth-order valence-corrected chi connectivity index (χ4v) is 5.51. The van der Waals surface area contributed by atoms with Crippen LogP contribution in [0.2, 0.25) is 0 Å². The van der Waals surface area contributed by atoms with E-state index in [0.29, 0.717) is 23.8 Å². The Morgan fingerprint density at radius 2 is 2.03 bits per heavy atom. The van der Waals surface area contributed by atoms with Gasteiger partial charge in [0.05, 0.1) is 11.8 Å². The molecule has 0 spiro atoms. The third kappa shape index (κ3) is 4.84. The molecule has 1 aliphatic carbocycles. The molecule has 4 aromatic rings. The molecular formula is C27H26FN3O3S. The van der Waals surface area contributed by atoms with Gasteiger partial charge in [0, 0.05) is 27.8 Å². The number of carboxylic acids is 1. The van der Waals surface area contributed by atoms with Crippen molar-refractivity contribution in [1.82, 2.24) is 9.97 Å². The highest BCUT2D eigenvalue weighted by Gasteiger charge is 2.22. The summed E-state index contributed by atoms with van der Waals surface area (Å²) in [5, 5.41) is 13.9. The number of aromatic nitrogens is 2. The van der Waals surface area contributed by atoms with E-state index in [0.717, 1.165) is 52.5 Å². The van der Waals surface area contributed by atoms with Gasteiger partial charge >= 0.3 is 5.97 Å². The number of nitrogens with one attached hydrogen (secondary N) is 1. The Labute approximate surface area is 206 Å². The van der Waals surface area contributed by atoms with Gasteiger partial charge < -0.3 is 15.2 Å². The van der Waals surface area contributed by atoms with Crippen LogP contribution < -0.4 is 10.1 Å². The lowest BCUT2D eigenvalue weighted by Gasteiger charge is -2.27. The van der Waals surface area contributed by atoms with Crippen LogP contribution in [0.1, 0.15) is 45.6 Å². The highest BCUT2D eigenvalue weighted by Crippen LogP contribution is 2.35. The average molecular weight is 492 g/mol. The van der Waals surface area contributed by atoms with Crippen molar-refractivity contribution in [2.75, 3.05) is 11.9 Å². The summed E-state index contributed by atoms with van der Waals surface area (Å²) in [5.41, 5.74) is 3.70. The van der Waals surface area contributed by atoms with Gasteiger partial charge in [0.1, 0.15) is 29.3 Å². The molecule has 0 amide bonds. The lowest BCUT2D eigenvalue weighted by atomic mass is 9.96. The fraction of sp³-hybridized carbons (Fsp3) is 0.296. The summed E-state index contributed by atoms with van der Waals surface area (Å²) in [5.74, 6) is -0.187. The molecule has 0 aliphatic heterocycles. The van der Waals surface area contributed by atoms with Gasteiger partial charge in [0.2, 0.25) is 0 Å². The fourth-order valence-electron chi connectivity index (χ4n) is 4.36. The van der Waals surface area contributed by atoms with Crippen LogP contribution in [-0.4, -0.2) is 33.7 Å². The van der Waals surface area contributed by atoms with Crippen molar-refractivity contribution in [1.29, 1.82) is 0 Å². The molecule has 6 nitrogen and oxygen atoms in total. The predicted octanol–water partition coefficient (Wildman–Crippen LogP) is 6.40. The number of anilines is 1. The van der Waals surface area contributed by atoms with Gasteiger partial charge in [-0.05, 0) is 80.3 Å². The third-order valence-electron chi connectivity index (χ3n) is 6.45. The van der Waals surface area contributed by atoms with E-state index in [1.165, 1.54) is 11.2 Å². The van der Waals surface area contributed by atoms with Crippen LogP contribution >= 0.6 is 11.3 Å². The Kier molecular flexibility index (Phi) is 6.38. The van der Waals surface area contributed by atoms with Crippen molar-refractivity contribution in [3.63, 3.8) is 0 Å². The first-order chi connectivity index (χ1) is 16.9. The molecule has 2 aromatic carbocycles. The molecule has 1 fully saturated rings. The summed E-state index contributed by atoms with van der Waals surface area (Å²) in [6.45, 7) is 4.65. The Hall–Kier alpha value is -3.52. The molecule has 2 heterocycles. The third-order valence-corrected chi connectivity index (χ3v) is 7.75. The van der Waals surface area contributed by atoms with Gasteiger partial charge in [0.15, 0.2) is 0 Å². The smallest absolute Gasteiger partial charge is 0.339 e. The minimum absolute atomic E-state index is 0.0693. The lowest BCUT2D eigenvalue weighted by molar-refractivity contribution is 0.0680. The maximum absolute atomic E-state index is 14.0. The number of benzene rings is 2. The molecular weight excluding hydrogens is 465 g/mol. The molecule has 5 rings (SSSR count). The standard InChI is InChI=1S/C27H26FN3O3S/c1-15-10-18(28)12-22-20(16(2)35-26(15)22)8-9-29-25-13-23(30-14-31-25)17-6-7-21(27(32)33)24(11-17)34-19-4-3-5-19/h6-7,10-14,19H,3-5,8-9H2,1-2H3,(H,32,33)(H,29,30,31). The summed E-state index contributed by atoms with van der Waals surface area (Å²) in [6, 6.07) is 10.1. The van der Waals surface area contributed by atoms with Crippen molar-refractivity contribution >= 4 is 33.2 Å².